The highest BCUT2D eigenvalue weighted by atomic mass is 79.9. The van der Waals surface area contributed by atoms with Gasteiger partial charge in [-0.1, -0.05) is 91.9 Å². The van der Waals surface area contributed by atoms with Crippen LogP contribution in [0.5, 0.6) is 0 Å². The third kappa shape index (κ3) is 8.72. The van der Waals surface area contributed by atoms with Crippen molar-refractivity contribution in [2.45, 2.75) is 56.9 Å². The highest BCUT2D eigenvalue weighted by Crippen LogP contribution is 2.36. The van der Waals surface area contributed by atoms with Crippen LogP contribution in [-0.4, -0.2) is 52.8 Å². The van der Waals surface area contributed by atoms with E-state index < -0.39 is 42.1 Å². The van der Waals surface area contributed by atoms with Crippen LogP contribution in [0, 0.1) is 23.7 Å². The van der Waals surface area contributed by atoms with Gasteiger partial charge in [0.1, 0.15) is 24.4 Å². The second-order valence-corrected chi connectivity index (χ2v) is 9.69. The quantitative estimate of drug-likeness (QED) is 0.217. The lowest BCUT2D eigenvalue weighted by Gasteiger charge is -2.29. The number of hydrogen-bond donors (Lipinski definition) is 0. The van der Waals surface area contributed by atoms with Crippen LogP contribution in [0.2, 0.25) is 0 Å². The lowest BCUT2D eigenvalue weighted by molar-refractivity contribution is -0.160. The molecule has 4 atom stereocenters. The first-order chi connectivity index (χ1) is 17.8. The van der Waals surface area contributed by atoms with Crippen molar-refractivity contribution < 1.29 is 28.5 Å². The Balaban J connectivity index is 1.92. The predicted octanol–water partition coefficient (Wildman–Crippen LogP) is 5.53. The fourth-order valence-electron chi connectivity index (χ4n) is 3.84. The Labute approximate surface area is 234 Å². The molecule has 1 fully saturated rings. The molecule has 0 N–H and O–H groups in total. The molecule has 6 nitrogen and oxygen atoms in total. The smallest absolute Gasteiger partial charge is 0.338 e. The monoisotopic (exact) mass is 630 g/mol. The van der Waals surface area contributed by atoms with Gasteiger partial charge >= 0.3 is 11.9 Å². The van der Waals surface area contributed by atoms with Crippen LogP contribution in [0.25, 0.3) is 0 Å². The van der Waals surface area contributed by atoms with E-state index in [1.807, 2.05) is 12.1 Å². The third-order valence-electron chi connectivity index (χ3n) is 5.42. The molecule has 1 saturated heterocycles. The number of ether oxygens (including phenoxy) is 4. The van der Waals surface area contributed by atoms with Crippen LogP contribution in [-0.2, 0) is 18.9 Å². The maximum atomic E-state index is 13.0. The number of hydrogen-bond acceptors (Lipinski definition) is 6. The first kappa shape index (κ1) is 28.9. The highest BCUT2D eigenvalue weighted by molar-refractivity contribution is 9.09. The van der Waals surface area contributed by atoms with Gasteiger partial charge in [-0.2, -0.15) is 0 Å². The molecule has 8 heteroatoms. The zero-order valence-electron chi connectivity index (χ0n) is 20.6. The molecule has 2 aromatic rings. The molecule has 194 valence electrons. The Kier molecular flexibility index (Phi) is 11.2. The van der Waals surface area contributed by atoms with Crippen molar-refractivity contribution in [2.24, 2.45) is 0 Å². The average Bonchev–Trinajstić information content (AvgIpc) is 3.23. The first-order valence-electron chi connectivity index (χ1n) is 11.8. The molecule has 0 aliphatic carbocycles. The molecule has 0 radical (unpaired) electrons. The number of halogens is 2. The van der Waals surface area contributed by atoms with Crippen molar-refractivity contribution in [1.82, 2.24) is 0 Å². The fourth-order valence-corrected chi connectivity index (χ4v) is 4.24. The van der Waals surface area contributed by atoms with Crippen LogP contribution < -0.4 is 0 Å². The molecule has 0 unspecified atom stereocenters. The Morgan fingerprint density at radius 2 is 1.14 bits per heavy atom. The zero-order valence-corrected chi connectivity index (χ0v) is 23.8. The fraction of sp³-hybridized carbons (Fsp3) is 0.379. The number of esters is 2. The molecule has 0 amide bonds. The largest absolute Gasteiger partial charge is 0.455 e. The topological polar surface area (TPSA) is 71.1 Å². The lowest BCUT2D eigenvalue weighted by Crippen LogP contribution is -2.45. The van der Waals surface area contributed by atoms with Crippen molar-refractivity contribution in [3.8, 4) is 23.7 Å². The third-order valence-corrected chi connectivity index (χ3v) is 5.98. The van der Waals surface area contributed by atoms with E-state index in [9.17, 15) is 9.59 Å². The van der Waals surface area contributed by atoms with E-state index in [0.29, 0.717) is 21.8 Å². The summed E-state index contributed by atoms with van der Waals surface area (Å²) in [5, 5.41) is 0.950. The minimum absolute atomic E-state index is 0.206. The van der Waals surface area contributed by atoms with E-state index in [1.54, 1.807) is 62.4 Å². The molecular weight excluding hydrogens is 604 g/mol. The molecule has 37 heavy (non-hydrogen) atoms. The number of benzene rings is 2. The molecule has 1 heterocycles. The predicted molar refractivity (Wildman–Crippen MR) is 147 cm³/mol. The summed E-state index contributed by atoms with van der Waals surface area (Å²) in [4.78, 5) is 25.9. The van der Waals surface area contributed by atoms with Gasteiger partial charge in [-0.25, -0.2) is 9.59 Å². The van der Waals surface area contributed by atoms with Crippen molar-refractivity contribution in [3.05, 3.63) is 71.8 Å². The summed E-state index contributed by atoms with van der Waals surface area (Å²) in [7, 11) is 0. The van der Waals surface area contributed by atoms with Gasteiger partial charge in [0.2, 0.25) is 0 Å². The van der Waals surface area contributed by atoms with Gasteiger partial charge in [-0.3, -0.25) is 0 Å². The average molecular weight is 632 g/mol. The lowest BCUT2D eigenvalue weighted by atomic mass is 9.98. The summed E-state index contributed by atoms with van der Waals surface area (Å²) in [5.74, 6) is 9.90. The van der Waals surface area contributed by atoms with Crippen molar-refractivity contribution in [3.63, 3.8) is 0 Å². The molecule has 1 aliphatic rings. The van der Waals surface area contributed by atoms with Gasteiger partial charge in [-0.05, 0) is 38.1 Å². The van der Waals surface area contributed by atoms with Crippen LogP contribution in [0.1, 0.15) is 47.4 Å². The second kappa shape index (κ2) is 14.4. The highest BCUT2D eigenvalue weighted by Gasteiger charge is 2.50. The number of alkyl halides is 2. The van der Waals surface area contributed by atoms with Gasteiger partial charge in [0.15, 0.2) is 5.79 Å². The van der Waals surface area contributed by atoms with E-state index in [4.69, 9.17) is 18.9 Å². The molecule has 3 rings (SSSR count). The molecule has 0 spiro atoms. The van der Waals surface area contributed by atoms with Gasteiger partial charge in [-0.15, -0.1) is 0 Å². The maximum absolute atomic E-state index is 13.0. The standard InChI is InChI=1S/C29H28Br2O6/c1-29(2)36-25(23(17-9-11-19-30)34-27(32)21-13-5-3-6-14-21)26(37-29)24(18-10-12-20-31)35-28(33)22-15-7-4-8-16-22/h3-8,13-16,23-26H,17-20H2,1-2H3/t23-,24-,25-,26-/m0/s1. The zero-order chi connectivity index (χ0) is 26.7. The Morgan fingerprint density at radius 1 is 0.757 bits per heavy atom. The van der Waals surface area contributed by atoms with E-state index in [0.717, 1.165) is 0 Å². The molecular formula is C29H28Br2O6. The van der Waals surface area contributed by atoms with Crippen LogP contribution in [0.15, 0.2) is 60.7 Å². The van der Waals surface area contributed by atoms with Gasteiger partial charge < -0.3 is 18.9 Å². The van der Waals surface area contributed by atoms with Crippen molar-refractivity contribution in [1.29, 1.82) is 0 Å². The minimum Gasteiger partial charge on any atom is -0.455 e. The Bertz CT molecular complexity index is 1070. The summed E-state index contributed by atoms with van der Waals surface area (Å²) in [6.07, 6.45) is -2.67. The van der Waals surface area contributed by atoms with Gasteiger partial charge in [0, 0.05) is 12.8 Å². The summed E-state index contributed by atoms with van der Waals surface area (Å²) in [5.41, 5.74) is 0.817. The minimum atomic E-state index is -1.02. The van der Waals surface area contributed by atoms with Crippen LogP contribution in [0.4, 0.5) is 0 Å². The molecule has 0 bridgehead atoms. The SMILES string of the molecule is CC1(C)O[C@@H]([C@H](CC#CCBr)OC(=O)c2ccccc2)[C@H]([C@H](CC#CCBr)OC(=O)c2ccccc2)O1. The normalized spacial score (nSPS) is 19.4. The summed E-state index contributed by atoms with van der Waals surface area (Å²) in [6.45, 7) is 3.53. The molecule has 0 aromatic heterocycles. The number of carbonyl (C=O) groups excluding carboxylic acids is 2. The van der Waals surface area contributed by atoms with E-state index in [2.05, 4.69) is 55.5 Å². The number of rotatable bonds is 8. The Morgan fingerprint density at radius 3 is 1.49 bits per heavy atom. The van der Waals surface area contributed by atoms with Gasteiger partial charge in [0.05, 0.1) is 21.8 Å². The molecule has 0 saturated carbocycles. The van der Waals surface area contributed by atoms with E-state index >= 15 is 0 Å². The van der Waals surface area contributed by atoms with Crippen LogP contribution in [0.3, 0.4) is 0 Å². The van der Waals surface area contributed by atoms with Crippen molar-refractivity contribution >= 4 is 43.8 Å². The summed E-state index contributed by atoms with van der Waals surface area (Å²) < 4.78 is 24.3. The van der Waals surface area contributed by atoms with Crippen molar-refractivity contribution in [2.75, 3.05) is 10.7 Å². The first-order valence-corrected chi connectivity index (χ1v) is 14.0. The van der Waals surface area contributed by atoms with E-state index in [1.165, 1.54) is 0 Å². The molecule has 1 aliphatic heterocycles. The summed E-state index contributed by atoms with van der Waals surface area (Å²) in [6, 6.07) is 17.4. The maximum Gasteiger partial charge on any atom is 0.338 e. The Hall–Kier alpha value is -2.62. The van der Waals surface area contributed by atoms with Crippen LogP contribution >= 0.6 is 31.9 Å². The molecule has 2 aromatic carbocycles. The number of carbonyl (C=O) groups is 2. The second-order valence-electron chi connectivity index (χ2n) is 8.57. The van der Waals surface area contributed by atoms with Gasteiger partial charge in [0.25, 0.3) is 0 Å². The van der Waals surface area contributed by atoms with E-state index in [-0.39, 0.29) is 12.8 Å². The summed E-state index contributed by atoms with van der Waals surface area (Å²) >= 11 is 6.59.